The number of hydrogen-bond donors (Lipinski definition) is 3. The maximum absolute atomic E-state index is 11.4. The molecule has 1 saturated heterocycles. The van der Waals surface area contributed by atoms with E-state index in [4.69, 9.17) is 11.5 Å². The summed E-state index contributed by atoms with van der Waals surface area (Å²) in [6, 6.07) is 8.38. The van der Waals surface area contributed by atoms with Crippen LogP contribution in [0.5, 0.6) is 0 Å². The van der Waals surface area contributed by atoms with Gasteiger partial charge >= 0.3 is 0 Å². The van der Waals surface area contributed by atoms with E-state index in [0.717, 1.165) is 44.6 Å². The Kier molecular flexibility index (Phi) is 9.93. The van der Waals surface area contributed by atoms with Gasteiger partial charge in [0.05, 0.1) is 12.5 Å². The van der Waals surface area contributed by atoms with Gasteiger partial charge in [-0.15, -0.1) is 24.0 Å². The van der Waals surface area contributed by atoms with Crippen molar-refractivity contribution in [3.8, 4) is 0 Å². The second kappa shape index (κ2) is 11.4. The lowest BCUT2D eigenvalue weighted by atomic mass is 9.97. The normalized spacial score (nSPS) is 18.4. The average Bonchev–Trinajstić information content (AvgIpc) is 2.58. The molecule has 0 saturated carbocycles. The van der Waals surface area contributed by atoms with Crippen LogP contribution >= 0.6 is 24.0 Å². The van der Waals surface area contributed by atoms with Gasteiger partial charge in [0, 0.05) is 19.6 Å². The predicted octanol–water partition coefficient (Wildman–Crippen LogP) is 2.06. The summed E-state index contributed by atoms with van der Waals surface area (Å²) in [5, 5.41) is 3.12. The van der Waals surface area contributed by atoms with Crippen LogP contribution in [0.2, 0.25) is 0 Å². The number of rotatable bonds is 7. The van der Waals surface area contributed by atoms with Gasteiger partial charge in [-0.25, -0.2) is 4.99 Å². The molecule has 1 aliphatic rings. The smallest absolute Gasteiger partial charge is 0.221 e. The molecule has 1 aliphatic heterocycles. The van der Waals surface area contributed by atoms with E-state index in [1.807, 2.05) is 6.07 Å². The number of amides is 1. The Hall–Kier alpha value is -1.35. The number of primary amides is 1. The lowest BCUT2D eigenvalue weighted by molar-refractivity contribution is -0.123. The molecule has 0 bridgehead atoms. The Morgan fingerprint density at radius 3 is 2.77 bits per heavy atom. The third-order valence-electron chi connectivity index (χ3n) is 4.43. The van der Waals surface area contributed by atoms with Gasteiger partial charge in [-0.05, 0) is 36.4 Å². The molecule has 1 fully saturated rings. The first-order chi connectivity index (χ1) is 11.9. The predicted molar refractivity (Wildman–Crippen MR) is 117 cm³/mol. The van der Waals surface area contributed by atoms with E-state index >= 15 is 0 Å². The summed E-state index contributed by atoms with van der Waals surface area (Å²) in [6.45, 7) is 8.25. The summed E-state index contributed by atoms with van der Waals surface area (Å²) < 4.78 is 0. The Morgan fingerprint density at radius 1 is 1.35 bits per heavy atom. The van der Waals surface area contributed by atoms with E-state index in [1.54, 1.807) is 0 Å². The summed E-state index contributed by atoms with van der Waals surface area (Å²) in [5.41, 5.74) is 13.7. The Balaban J connectivity index is 0.00000338. The Morgan fingerprint density at radius 2 is 2.08 bits per heavy atom. The zero-order valence-corrected chi connectivity index (χ0v) is 18.1. The molecule has 26 heavy (non-hydrogen) atoms. The molecule has 1 amide bonds. The number of halogens is 1. The largest absolute Gasteiger partial charge is 0.370 e. The molecule has 2 rings (SSSR count). The molecular weight excluding hydrogens is 441 g/mol. The zero-order chi connectivity index (χ0) is 18.2. The third kappa shape index (κ3) is 7.90. The number of carbonyl (C=O) groups is 1. The highest BCUT2D eigenvalue weighted by atomic mass is 127. The lowest BCUT2D eigenvalue weighted by Crippen LogP contribution is -2.40. The second-order valence-corrected chi connectivity index (χ2v) is 7.27. The van der Waals surface area contributed by atoms with Crippen LogP contribution in [-0.4, -0.2) is 36.4 Å². The number of carbonyl (C=O) groups excluding carboxylic acids is 1. The molecular formula is C19H32IN5O. The number of hydrogen-bond acceptors (Lipinski definition) is 3. The van der Waals surface area contributed by atoms with Gasteiger partial charge in [0.1, 0.15) is 0 Å². The highest BCUT2D eigenvalue weighted by molar-refractivity contribution is 14.0. The molecule has 146 valence electrons. The van der Waals surface area contributed by atoms with Crippen LogP contribution in [0.1, 0.15) is 37.8 Å². The van der Waals surface area contributed by atoms with Gasteiger partial charge in [0.15, 0.2) is 5.96 Å². The number of likely N-dealkylation sites (tertiary alicyclic amines) is 1. The van der Waals surface area contributed by atoms with Crippen LogP contribution in [0.4, 0.5) is 0 Å². The number of nitrogens with one attached hydrogen (secondary N) is 1. The number of benzene rings is 1. The monoisotopic (exact) mass is 473 g/mol. The van der Waals surface area contributed by atoms with E-state index in [9.17, 15) is 4.79 Å². The maximum Gasteiger partial charge on any atom is 0.221 e. The van der Waals surface area contributed by atoms with Crippen molar-refractivity contribution < 1.29 is 4.79 Å². The molecule has 0 aromatic heterocycles. The van der Waals surface area contributed by atoms with Gasteiger partial charge in [-0.1, -0.05) is 38.1 Å². The van der Waals surface area contributed by atoms with Crippen molar-refractivity contribution in [1.82, 2.24) is 10.2 Å². The molecule has 0 aliphatic carbocycles. The summed E-state index contributed by atoms with van der Waals surface area (Å²) in [7, 11) is 0. The van der Waals surface area contributed by atoms with Crippen molar-refractivity contribution >= 4 is 35.8 Å². The summed E-state index contributed by atoms with van der Waals surface area (Å²) in [4.78, 5) is 18.1. The van der Waals surface area contributed by atoms with Crippen LogP contribution in [0.3, 0.4) is 0 Å². The number of nitrogens with zero attached hydrogens (tertiary/aromatic N) is 2. The minimum Gasteiger partial charge on any atom is -0.370 e. The quantitative estimate of drug-likeness (QED) is 0.321. The molecule has 1 unspecified atom stereocenters. The number of piperidine rings is 1. The topological polar surface area (TPSA) is 96.7 Å². The van der Waals surface area contributed by atoms with Crippen molar-refractivity contribution in [2.24, 2.45) is 28.3 Å². The fraction of sp³-hybridized carbons (Fsp3) is 0.579. The van der Waals surface area contributed by atoms with E-state index in [1.165, 1.54) is 5.56 Å². The molecule has 6 nitrogen and oxygen atoms in total. The van der Waals surface area contributed by atoms with Gasteiger partial charge < -0.3 is 16.8 Å². The maximum atomic E-state index is 11.4. The van der Waals surface area contributed by atoms with Gasteiger partial charge in [0.2, 0.25) is 5.91 Å². The molecule has 0 radical (unpaired) electrons. The van der Waals surface area contributed by atoms with Crippen molar-refractivity contribution in [3.05, 3.63) is 35.4 Å². The van der Waals surface area contributed by atoms with Crippen LogP contribution in [-0.2, 0) is 17.9 Å². The fourth-order valence-corrected chi connectivity index (χ4v) is 3.06. The van der Waals surface area contributed by atoms with Crippen LogP contribution in [0.15, 0.2) is 29.3 Å². The van der Waals surface area contributed by atoms with Gasteiger partial charge in [-0.2, -0.15) is 0 Å². The Bertz CT molecular complexity index is 605. The molecule has 7 heteroatoms. The van der Waals surface area contributed by atoms with Crippen LogP contribution in [0, 0.1) is 11.8 Å². The number of guanidine groups is 1. The van der Waals surface area contributed by atoms with Crippen molar-refractivity contribution in [2.75, 3.05) is 19.6 Å². The first-order valence-electron chi connectivity index (χ1n) is 9.07. The zero-order valence-electron chi connectivity index (χ0n) is 15.8. The molecule has 1 aromatic carbocycles. The first-order valence-corrected chi connectivity index (χ1v) is 9.07. The van der Waals surface area contributed by atoms with Crippen molar-refractivity contribution in [3.63, 3.8) is 0 Å². The third-order valence-corrected chi connectivity index (χ3v) is 4.43. The van der Waals surface area contributed by atoms with E-state index < -0.39 is 0 Å². The van der Waals surface area contributed by atoms with Crippen LogP contribution < -0.4 is 16.8 Å². The summed E-state index contributed by atoms with van der Waals surface area (Å²) >= 11 is 0. The minimum atomic E-state index is -0.183. The minimum absolute atomic E-state index is 0. The molecule has 1 atom stereocenters. The van der Waals surface area contributed by atoms with Crippen molar-refractivity contribution in [2.45, 2.75) is 39.8 Å². The average molecular weight is 473 g/mol. The van der Waals surface area contributed by atoms with Crippen LogP contribution in [0.25, 0.3) is 0 Å². The van der Waals surface area contributed by atoms with E-state index in [0.29, 0.717) is 18.4 Å². The molecule has 1 aromatic rings. The molecule has 0 spiro atoms. The first kappa shape index (κ1) is 22.7. The van der Waals surface area contributed by atoms with Crippen molar-refractivity contribution in [1.29, 1.82) is 0 Å². The highest BCUT2D eigenvalue weighted by Crippen LogP contribution is 2.19. The summed E-state index contributed by atoms with van der Waals surface area (Å²) in [6.07, 6.45) is 1.93. The molecule has 1 heterocycles. The van der Waals surface area contributed by atoms with E-state index in [-0.39, 0.29) is 35.8 Å². The fourth-order valence-electron chi connectivity index (χ4n) is 3.06. The van der Waals surface area contributed by atoms with E-state index in [2.05, 4.69) is 47.3 Å². The van der Waals surface area contributed by atoms with Gasteiger partial charge in [0.25, 0.3) is 0 Å². The Labute approximate surface area is 173 Å². The summed E-state index contributed by atoms with van der Waals surface area (Å²) in [5.74, 6) is 0.816. The SMILES string of the molecule is CC(C)CNC(N)=NCc1cccc(CN2CCCC(C(N)=O)C2)c1.I. The number of nitrogens with two attached hydrogens (primary N) is 2. The van der Waals surface area contributed by atoms with Gasteiger partial charge in [-0.3, -0.25) is 9.69 Å². The standard InChI is InChI=1S/C19H31N5O.HI/c1-14(2)10-22-19(21)23-11-15-5-3-6-16(9-15)12-24-8-4-7-17(13-24)18(20)25;/h3,5-6,9,14,17H,4,7-8,10-13H2,1-2H3,(H2,20,25)(H3,21,22,23);1H. The lowest BCUT2D eigenvalue weighted by Gasteiger charge is -2.31. The molecule has 5 N–H and O–H groups in total. The number of aliphatic imine (C=N–C) groups is 1. The highest BCUT2D eigenvalue weighted by Gasteiger charge is 2.23. The second-order valence-electron chi connectivity index (χ2n) is 7.27.